The molecule has 144 valence electrons. The largest absolute Gasteiger partial charge is 0.461 e. The minimum Gasteiger partial charge on any atom is -0.461 e. The molecule has 0 heterocycles. The van der Waals surface area contributed by atoms with Gasteiger partial charge in [0, 0.05) is 11.8 Å². The Balaban J connectivity index is 1.90. The zero-order valence-electron chi connectivity index (χ0n) is 15.9. The van der Waals surface area contributed by atoms with Gasteiger partial charge in [-0.2, -0.15) is 0 Å². The smallest absolute Gasteiger partial charge is 0.302 e. The van der Waals surface area contributed by atoms with E-state index in [9.17, 15) is 9.00 Å². The number of esters is 1. The number of hydrogen-bond donors (Lipinski definition) is 0. The first-order chi connectivity index (χ1) is 13.1. The van der Waals surface area contributed by atoms with Crippen LogP contribution in [0.15, 0.2) is 65.6 Å². The molecule has 2 unspecified atom stereocenters. The highest BCUT2D eigenvalue weighted by Gasteiger charge is 2.47. The van der Waals surface area contributed by atoms with Crippen LogP contribution in [0.2, 0.25) is 0 Å². The molecule has 2 aromatic rings. The van der Waals surface area contributed by atoms with Crippen molar-refractivity contribution in [3.8, 4) is 0 Å². The number of benzene rings is 2. The maximum Gasteiger partial charge on any atom is 0.302 e. The van der Waals surface area contributed by atoms with Gasteiger partial charge in [-0.15, -0.1) is 0 Å². The van der Waals surface area contributed by atoms with Gasteiger partial charge in [-0.1, -0.05) is 67.8 Å². The van der Waals surface area contributed by atoms with Gasteiger partial charge in [0.25, 0.3) is 0 Å². The van der Waals surface area contributed by atoms with E-state index in [1.807, 2.05) is 48.5 Å². The Bertz CT molecular complexity index is 752. The minimum absolute atomic E-state index is 0.289. The number of ether oxygens (including phenoxy) is 1. The number of hydrogen-bond acceptors (Lipinski definition) is 3. The van der Waals surface area contributed by atoms with Crippen molar-refractivity contribution in [2.45, 2.75) is 67.6 Å². The summed E-state index contributed by atoms with van der Waals surface area (Å²) in [4.78, 5) is 12.7. The van der Waals surface area contributed by atoms with Crippen LogP contribution >= 0.6 is 0 Å². The molecule has 0 aliphatic heterocycles. The maximum absolute atomic E-state index is 13.7. The highest BCUT2D eigenvalue weighted by molar-refractivity contribution is 7.86. The van der Waals surface area contributed by atoms with Crippen LogP contribution in [0.1, 0.15) is 51.0 Å². The van der Waals surface area contributed by atoms with Gasteiger partial charge in [-0.25, -0.2) is 0 Å². The van der Waals surface area contributed by atoms with Crippen LogP contribution in [0.4, 0.5) is 0 Å². The van der Waals surface area contributed by atoms with Crippen molar-refractivity contribution in [1.29, 1.82) is 0 Å². The predicted molar refractivity (Wildman–Crippen MR) is 109 cm³/mol. The molecule has 1 fully saturated rings. The van der Waals surface area contributed by atoms with Crippen molar-refractivity contribution in [3.63, 3.8) is 0 Å². The molecule has 0 aromatic heterocycles. The Morgan fingerprint density at radius 2 is 1.59 bits per heavy atom. The fraction of sp³-hybridized carbons (Fsp3) is 0.435. The van der Waals surface area contributed by atoms with E-state index in [-0.39, 0.29) is 12.1 Å². The topological polar surface area (TPSA) is 43.4 Å². The summed E-state index contributed by atoms with van der Waals surface area (Å²) in [6.45, 7) is 1.46. The predicted octanol–water partition coefficient (Wildman–Crippen LogP) is 5.06. The Morgan fingerprint density at radius 1 is 1.00 bits per heavy atom. The molecule has 1 aliphatic rings. The fourth-order valence-electron chi connectivity index (χ4n) is 4.13. The van der Waals surface area contributed by atoms with Crippen LogP contribution in [0.5, 0.6) is 0 Å². The molecule has 1 aliphatic carbocycles. The van der Waals surface area contributed by atoms with Crippen molar-refractivity contribution >= 4 is 16.8 Å². The van der Waals surface area contributed by atoms with E-state index in [1.165, 1.54) is 12.5 Å². The molecule has 3 rings (SSSR count). The first-order valence-corrected chi connectivity index (χ1v) is 10.9. The lowest BCUT2D eigenvalue weighted by molar-refractivity contribution is -0.149. The maximum atomic E-state index is 13.7. The van der Waals surface area contributed by atoms with Crippen molar-refractivity contribution in [2.75, 3.05) is 0 Å². The lowest BCUT2D eigenvalue weighted by Crippen LogP contribution is -2.50. The van der Waals surface area contributed by atoms with Gasteiger partial charge in [-0.05, 0) is 43.4 Å². The van der Waals surface area contributed by atoms with Gasteiger partial charge in [0.2, 0.25) is 0 Å². The van der Waals surface area contributed by atoms with Crippen molar-refractivity contribution in [2.24, 2.45) is 0 Å². The SMILES string of the molecule is CC(=O)OC(CCc1ccccc1)C1(S(=O)c2ccccc2)CCCCC1. The zero-order valence-corrected chi connectivity index (χ0v) is 16.8. The number of carbonyl (C=O) groups excluding carboxylic acids is 1. The molecule has 0 bridgehead atoms. The van der Waals surface area contributed by atoms with E-state index in [1.54, 1.807) is 0 Å². The van der Waals surface area contributed by atoms with E-state index < -0.39 is 15.5 Å². The molecule has 4 heteroatoms. The van der Waals surface area contributed by atoms with E-state index in [2.05, 4.69) is 12.1 Å². The molecular weight excluding hydrogens is 356 g/mol. The fourth-order valence-corrected chi connectivity index (χ4v) is 6.07. The summed E-state index contributed by atoms with van der Waals surface area (Å²) in [6.07, 6.45) is 6.05. The first-order valence-electron chi connectivity index (χ1n) is 9.80. The van der Waals surface area contributed by atoms with Gasteiger partial charge in [0.15, 0.2) is 0 Å². The minimum atomic E-state index is -1.21. The summed E-state index contributed by atoms with van der Waals surface area (Å²) in [5.41, 5.74) is 1.21. The first kappa shape index (κ1) is 19.8. The van der Waals surface area contributed by atoms with Crippen molar-refractivity contribution < 1.29 is 13.7 Å². The van der Waals surface area contributed by atoms with E-state index >= 15 is 0 Å². The monoisotopic (exact) mass is 384 g/mol. The summed E-state index contributed by atoms with van der Waals surface area (Å²) in [5.74, 6) is -0.289. The molecule has 0 saturated heterocycles. The molecule has 3 nitrogen and oxygen atoms in total. The van der Waals surface area contributed by atoms with Crippen molar-refractivity contribution in [1.82, 2.24) is 0 Å². The van der Waals surface area contributed by atoms with E-state index in [4.69, 9.17) is 4.74 Å². The van der Waals surface area contributed by atoms with Crippen LogP contribution in [-0.2, 0) is 26.8 Å². The molecule has 0 N–H and O–H groups in total. The lowest BCUT2D eigenvalue weighted by atomic mass is 9.82. The van der Waals surface area contributed by atoms with Crippen LogP contribution < -0.4 is 0 Å². The highest BCUT2D eigenvalue weighted by Crippen LogP contribution is 2.42. The van der Waals surface area contributed by atoms with E-state index in [0.29, 0.717) is 6.42 Å². The molecule has 0 radical (unpaired) electrons. The standard InChI is InChI=1S/C23H28O3S/c1-19(24)26-22(16-15-20-11-5-2-6-12-20)23(17-9-4-10-18-23)27(25)21-13-7-3-8-14-21/h2-3,5-8,11-14,22H,4,9-10,15-18H2,1H3. The Kier molecular flexibility index (Phi) is 6.84. The third-order valence-corrected chi connectivity index (χ3v) is 7.57. The molecule has 0 spiro atoms. The molecule has 2 aromatic carbocycles. The van der Waals surface area contributed by atoms with Crippen LogP contribution in [0.25, 0.3) is 0 Å². The third-order valence-electron chi connectivity index (χ3n) is 5.46. The van der Waals surface area contributed by atoms with Crippen LogP contribution in [0.3, 0.4) is 0 Å². The number of carbonyl (C=O) groups is 1. The quantitative estimate of drug-likeness (QED) is 0.627. The normalized spacial score (nSPS) is 18.4. The van der Waals surface area contributed by atoms with Crippen molar-refractivity contribution in [3.05, 3.63) is 66.2 Å². The Hall–Kier alpha value is -1.94. The number of rotatable bonds is 7. The van der Waals surface area contributed by atoms with Gasteiger partial charge in [-0.3, -0.25) is 9.00 Å². The lowest BCUT2D eigenvalue weighted by Gasteiger charge is -2.42. The second kappa shape index (κ2) is 9.32. The van der Waals surface area contributed by atoms with Gasteiger partial charge in [0.05, 0.1) is 15.5 Å². The van der Waals surface area contributed by atoms with E-state index in [0.717, 1.165) is 43.4 Å². The van der Waals surface area contributed by atoms with Crippen LogP contribution in [0, 0.1) is 0 Å². The summed E-state index contributed by atoms with van der Waals surface area (Å²) in [6, 6.07) is 19.9. The van der Waals surface area contributed by atoms with Gasteiger partial charge >= 0.3 is 5.97 Å². The van der Waals surface area contributed by atoms with Gasteiger partial charge in [0.1, 0.15) is 6.10 Å². The molecule has 27 heavy (non-hydrogen) atoms. The van der Waals surface area contributed by atoms with Gasteiger partial charge < -0.3 is 4.74 Å². The summed E-state index contributed by atoms with van der Waals surface area (Å²) in [5, 5.41) is 0. The zero-order chi connectivity index (χ0) is 19.1. The Morgan fingerprint density at radius 3 is 2.19 bits per heavy atom. The molecule has 1 saturated carbocycles. The molecule has 0 amide bonds. The Labute approximate surface area is 164 Å². The third kappa shape index (κ3) is 4.86. The summed E-state index contributed by atoms with van der Waals surface area (Å²) < 4.78 is 19.0. The highest BCUT2D eigenvalue weighted by atomic mass is 32.2. The average Bonchev–Trinajstić information content (AvgIpc) is 2.72. The summed E-state index contributed by atoms with van der Waals surface area (Å²) in [7, 11) is -1.21. The molecular formula is C23H28O3S. The average molecular weight is 385 g/mol. The van der Waals surface area contributed by atoms with Crippen LogP contribution in [-0.4, -0.2) is 21.0 Å². The molecule has 2 atom stereocenters. The second-order valence-corrected chi connectivity index (χ2v) is 9.15. The summed E-state index contributed by atoms with van der Waals surface area (Å²) >= 11 is 0. The second-order valence-electron chi connectivity index (χ2n) is 7.33. The number of aryl methyl sites for hydroxylation is 1.